The Morgan fingerprint density at radius 1 is 1.05 bits per heavy atom. The molecule has 2 amide bonds. The number of hydrogen-bond acceptors (Lipinski definition) is 3. The molecule has 5 nitrogen and oxygen atoms in total. The predicted octanol–water partition coefficient (Wildman–Crippen LogP) is 3.60. The molecule has 1 aromatic heterocycles. The van der Waals surface area contributed by atoms with Crippen molar-refractivity contribution in [2.75, 3.05) is 10.6 Å². The minimum atomic E-state index is -0.484. The minimum Gasteiger partial charge on any atom is -0.326 e. The molecule has 0 aliphatic rings. The van der Waals surface area contributed by atoms with E-state index in [0.717, 1.165) is 0 Å². The summed E-state index contributed by atoms with van der Waals surface area (Å²) in [4.78, 5) is 27.0. The molecule has 108 valence electrons. The van der Waals surface area contributed by atoms with Crippen LogP contribution in [0.4, 0.5) is 11.4 Å². The monoisotopic (exact) mass is 323 g/mol. The molecule has 0 saturated carbocycles. The first-order chi connectivity index (χ1) is 9.95. The molecule has 0 spiro atoms. The van der Waals surface area contributed by atoms with Gasteiger partial charge in [0.2, 0.25) is 5.91 Å². The van der Waals surface area contributed by atoms with Crippen LogP contribution < -0.4 is 10.6 Å². The van der Waals surface area contributed by atoms with Crippen molar-refractivity contribution in [3.8, 4) is 0 Å². The standard InChI is InChI=1S/C14H11Cl2N3O2/c1-8(20)17-9-3-2-4-10(7-9)18-14(21)13-11(15)5-6-12(16)19-13/h2-7H,1H3,(H,17,20)(H,18,21). The summed E-state index contributed by atoms with van der Waals surface area (Å²) in [6, 6.07) is 9.71. The van der Waals surface area contributed by atoms with Crippen molar-refractivity contribution < 1.29 is 9.59 Å². The summed E-state index contributed by atoms with van der Waals surface area (Å²) in [6.07, 6.45) is 0. The number of aromatic nitrogens is 1. The number of benzene rings is 1. The van der Waals surface area contributed by atoms with Crippen LogP contribution in [0.25, 0.3) is 0 Å². The molecule has 0 fully saturated rings. The van der Waals surface area contributed by atoms with Crippen molar-refractivity contribution in [2.45, 2.75) is 6.92 Å². The van der Waals surface area contributed by atoms with Crippen LogP contribution in [0, 0.1) is 0 Å². The van der Waals surface area contributed by atoms with Gasteiger partial charge < -0.3 is 10.6 Å². The smallest absolute Gasteiger partial charge is 0.275 e. The lowest BCUT2D eigenvalue weighted by atomic mass is 10.2. The Hall–Kier alpha value is -2.11. The van der Waals surface area contributed by atoms with Crippen LogP contribution in [0.3, 0.4) is 0 Å². The SMILES string of the molecule is CC(=O)Nc1cccc(NC(=O)c2nc(Cl)ccc2Cl)c1. The first-order valence-electron chi connectivity index (χ1n) is 5.97. The molecule has 0 unspecified atom stereocenters. The summed E-state index contributed by atoms with van der Waals surface area (Å²) < 4.78 is 0. The Morgan fingerprint density at radius 3 is 2.38 bits per heavy atom. The summed E-state index contributed by atoms with van der Waals surface area (Å²) in [5.41, 5.74) is 1.11. The molecule has 0 radical (unpaired) electrons. The highest BCUT2D eigenvalue weighted by Gasteiger charge is 2.13. The maximum atomic E-state index is 12.1. The molecule has 0 atom stereocenters. The van der Waals surface area contributed by atoms with E-state index >= 15 is 0 Å². The minimum absolute atomic E-state index is 0.0362. The van der Waals surface area contributed by atoms with Crippen molar-refractivity contribution in [3.63, 3.8) is 0 Å². The topological polar surface area (TPSA) is 71.1 Å². The van der Waals surface area contributed by atoms with Crippen molar-refractivity contribution in [2.24, 2.45) is 0 Å². The van der Waals surface area contributed by atoms with Gasteiger partial charge in [-0.05, 0) is 30.3 Å². The van der Waals surface area contributed by atoms with Gasteiger partial charge in [0.05, 0.1) is 5.02 Å². The van der Waals surface area contributed by atoms with E-state index in [1.165, 1.54) is 19.1 Å². The quantitative estimate of drug-likeness (QED) is 0.848. The number of pyridine rings is 1. The van der Waals surface area contributed by atoms with Crippen LogP contribution >= 0.6 is 23.2 Å². The molecule has 0 aliphatic heterocycles. The number of nitrogens with zero attached hydrogens (tertiary/aromatic N) is 1. The Balaban J connectivity index is 2.19. The fraction of sp³-hybridized carbons (Fsp3) is 0.0714. The zero-order valence-electron chi connectivity index (χ0n) is 11.0. The van der Waals surface area contributed by atoms with Crippen LogP contribution in [-0.2, 0) is 4.79 Å². The van der Waals surface area contributed by atoms with E-state index in [-0.39, 0.29) is 21.8 Å². The van der Waals surface area contributed by atoms with Gasteiger partial charge in [-0.1, -0.05) is 29.3 Å². The van der Waals surface area contributed by atoms with Gasteiger partial charge in [-0.25, -0.2) is 4.98 Å². The molecule has 0 aliphatic carbocycles. The molecule has 2 rings (SSSR count). The zero-order valence-corrected chi connectivity index (χ0v) is 12.5. The Bertz CT molecular complexity index is 704. The number of anilines is 2. The van der Waals surface area contributed by atoms with Gasteiger partial charge >= 0.3 is 0 Å². The second-order valence-corrected chi connectivity index (χ2v) is 4.97. The van der Waals surface area contributed by atoms with E-state index < -0.39 is 5.91 Å². The highest BCUT2D eigenvalue weighted by atomic mass is 35.5. The number of hydrogen-bond donors (Lipinski definition) is 2. The Labute approximate surface area is 131 Å². The number of rotatable bonds is 3. The van der Waals surface area contributed by atoms with Gasteiger partial charge in [0.25, 0.3) is 5.91 Å². The molecular formula is C14H11Cl2N3O2. The van der Waals surface area contributed by atoms with Gasteiger partial charge in [-0.3, -0.25) is 9.59 Å². The molecule has 0 saturated heterocycles. The average Bonchev–Trinajstić information content (AvgIpc) is 2.41. The lowest BCUT2D eigenvalue weighted by Crippen LogP contribution is -2.14. The third-order valence-corrected chi connectivity index (χ3v) is 2.98. The Kier molecular flexibility index (Phi) is 4.77. The van der Waals surface area contributed by atoms with Crippen LogP contribution in [0.2, 0.25) is 10.2 Å². The van der Waals surface area contributed by atoms with E-state index in [9.17, 15) is 9.59 Å². The molecule has 2 N–H and O–H groups in total. The van der Waals surface area contributed by atoms with Gasteiger partial charge in [0.15, 0.2) is 0 Å². The van der Waals surface area contributed by atoms with Gasteiger partial charge in [-0.15, -0.1) is 0 Å². The van der Waals surface area contributed by atoms with Crippen LogP contribution in [-0.4, -0.2) is 16.8 Å². The summed E-state index contributed by atoms with van der Waals surface area (Å²) in [5.74, 6) is -0.680. The lowest BCUT2D eigenvalue weighted by molar-refractivity contribution is -0.114. The summed E-state index contributed by atoms with van der Waals surface area (Å²) in [5, 5.41) is 5.65. The number of carbonyl (C=O) groups excluding carboxylic acids is 2. The van der Waals surface area contributed by atoms with Crippen molar-refractivity contribution in [3.05, 3.63) is 52.3 Å². The fourth-order valence-electron chi connectivity index (χ4n) is 1.65. The number of carbonyl (C=O) groups is 2. The molecule has 2 aromatic rings. The van der Waals surface area contributed by atoms with Crippen LogP contribution in [0.15, 0.2) is 36.4 Å². The second kappa shape index (κ2) is 6.56. The normalized spacial score (nSPS) is 10.0. The summed E-state index contributed by atoms with van der Waals surface area (Å²) >= 11 is 11.7. The van der Waals surface area contributed by atoms with Gasteiger partial charge in [0.1, 0.15) is 10.8 Å². The van der Waals surface area contributed by atoms with Crippen LogP contribution in [0.1, 0.15) is 17.4 Å². The highest BCUT2D eigenvalue weighted by molar-refractivity contribution is 6.35. The van der Waals surface area contributed by atoms with Gasteiger partial charge in [0, 0.05) is 18.3 Å². The molecule has 0 bridgehead atoms. The number of halogens is 2. The highest BCUT2D eigenvalue weighted by Crippen LogP contribution is 2.20. The van der Waals surface area contributed by atoms with Gasteiger partial charge in [-0.2, -0.15) is 0 Å². The number of nitrogens with one attached hydrogen (secondary N) is 2. The van der Waals surface area contributed by atoms with E-state index in [4.69, 9.17) is 23.2 Å². The summed E-state index contributed by atoms with van der Waals surface area (Å²) in [6.45, 7) is 1.40. The average molecular weight is 324 g/mol. The molecule has 7 heteroatoms. The number of amides is 2. The van der Waals surface area contributed by atoms with E-state index in [1.807, 2.05) is 0 Å². The first-order valence-corrected chi connectivity index (χ1v) is 6.72. The maximum Gasteiger partial charge on any atom is 0.275 e. The van der Waals surface area contributed by atoms with Crippen LogP contribution in [0.5, 0.6) is 0 Å². The summed E-state index contributed by atoms with van der Waals surface area (Å²) in [7, 11) is 0. The largest absolute Gasteiger partial charge is 0.326 e. The fourth-order valence-corrected chi connectivity index (χ4v) is 1.98. The van der Waals surface area contributed by atoms with Crippen molar-refractivity contribution in [1.29, 1.82) is 0 Å². The Morgan fingerprint density at radius 2 is 1.71 bits per heavy atom. The molecule has 1 heterocycles. The third-order valence-electron chi connectivity index (χ3n) is 2.47. The third kappa shape index (κ3) is 4.18. The first kappa shape index (κ1) is 15.3. The van der Waals surface area contributed by atoms with Crippen molar-refractivity contribution in [1.82, 2.24) is 4.98 Å². The maximum absolute atomic E-state index is 12.1. The second-order valence-electron chi connectivity index (χ2n) is 4.18. The molecular weight excluding hydrogens is 313 g/mol. The predicted molar refractivity (Wildman–Crippen MR) is 83.0 cm³/mol. The van der Waals surface area contributed by atoms with E-state index in [0.29, 0.717) is 11.4 Å². The molecule has 21 heavy (non-hydrogen) atoms. The lowest BCUT2D eigenvalue weighted by Gasteiger charge is -2.08. The zero-order chi connectivity index (χ0) is 15.4. The van der Waals surface area contributed by atoms with E-state index in [2.05, 4.69) is 15.6 Å². The molecule has 1 aromatic carbocycles. The van der Waals surface area contributed by atoms with Crippen molar-refractivity contribution >= 4 is 46.4 Å². The van der Waals surface area contributed by atoms with E-state index in [1.54, 1.807) is 24.3 Å².